The number of aromatic nitrogens is 2. The number of rotatable bonds is 3. The van der Waals surface area contributed by atoms with Crippen LogP contribution in [0.5, 0.6) is 0 Å². The van der Waals surface area contributed by atoms with E-state index in [1.165, 1.54) is 0 Å². The summed E-state index contributed by atoms with van der Waals surface area (Å²) in [5.41, 5.74) is 6.03. The van der Waals surface area contributed by atoms with Crippen LogP contribution in [0.25, 0.3) is 0 Å². The highest BCUT2D eigenvalue weighted by molar-refractivity contribution is 5.11. The van der Waals surface area contributed by atoms with E-state index in [1.807, 2.05) is 11.5 Å². The second-order valence-corrected chi connectivity index (χ2v) is 3.14. The van der Waals surface area contributed by atoms with Crippen molar-refractivity contribution < 1.29 is 5.11 Å². The zero-order valence-corrected chi connectivity index (χ0v) is 7.49. The summed E-state index contributed by atoms with van der Waals surface area (Å²) in [6, 6.07) is 0. The Morgan fingerprint density at radius 3 is 2.92 bits per heavy atom. The minimum atomic E-state index is -0.688. The Bertz CT molecular complexity index is 255. The minimum Gasteiger partial charge on any atom is -0.394 e. The zero-order valence-electron chi connectivity index (χ0n) is 7.49. The second kappa shape index (κ2) is 3.25. The maximum Gasteiger partial charge on any atom is 0.0948 e. The number of hydrogen-bond donors (Lipinski definition) is 2. The molecule has 0 aliphatic carbocycles. The van der Waals surface area contributed by atoms with E-state index >= 15 is 0 Å². The van der Waals surface area contributed by atoms with E-state index in [4.69, 9.17) is 10.8 Å². The van der Waals surface area contributed by atoms with Crippen LogP contribution in [0.15, 0.2) is 12.5 Å². The smallest absolute Gasteiger partial charge is 0.0948 e. The van der Waals surface area contributed by atoms with Gasteiger partial charge in [-0.15, -0.1) is 0 Å². The Labute approximate surface area is 72.0 Å². The van der Waals surface area contributed by atoms with Gasteiger partial charge in [0.15, 0.2) is 0 Å². The Morgan fingerprint density at radius 1 is 1.75 bits per heavy atom. The van der Waals surface area contributed by atoms with Gasteiger partial charge in [0.1, 0.15) is 0 Å². The monoisotopic (exact) mass is 169 g/mol. The number of aliphatic hydroxyl groups is 1. The second-order valence-electron chi connectivity index (χ2n) is 3.14. The molecular formula is C8H15N3O. The third kappa shape index (κ3) is 1.49. The molecule has 0 aliphatic rings. The molecule has 1 unspecified atom stereocenters. The van der Waals surface area contributed by atoms with E-state index in [0.717, 1.165) is 12.2 Å². The molecule has 0 bridgehead atoms. The molecule has 1 heterocycles. The summed E-state index contributed by atoms with van der Waals surface area (Å²) >= 11 is 0. The fourth-order valence-corrected chi connectivity index (χ4v) is 1.13. The summed E-state index contributed by atoms with van der Waals surface area (Å²) in [4.78, 5) is 3.98. The number of aliphatic hydroxyl groups excluding tert-OH is 1. The first-order valence-corrected chi connectivity index (χ1v) is 4.02. The Hall–Kier alpha value is -0.870. The van der Waals surface area contributed by atoms with E-state index in [1.54, 1.807) is 19.4 Å². The molecule has 1 rings (SSSR count). The van der Waals surface area contributed by atoms with E-state index in [2.05, 4.69) is 4.98 Å². The number of hydrogen-bond acceptors (Lipinski definition) is 3. The average molecular weight is 169 g/mol. The predicted molar refractivity (Wildman–Crippen MR) is 46.5 cm³/mol. The summed E-state index contributed by atoms with van der Waals surface area (Å²) in [5, 5.41) is 9.02. The van der Waals surface area contributed by atoms with Crippen LogP contribution in [0.3, 0.4) is 0 Å². The molecule has 0 radical (unpaired) electrons. The highest BCUT2D eigenvalue weighted by Gasteiger charge is 2.23. The van der Waals surface area contributed by atoms with Crippen LogP contribution in [0.4, 0.5) is 0 Å². The summed E-state index contributed by atoms with van der Waals surface area (Å²) in [5.74, 6) is 0. The predicted octanol–water partition coefficient (Wildman–Crippen LogP) is 0.0692. The van der Waals surface area contributed by atoms with E-state index < -0.39 is 5.54 Å². The van der Waals surface area contributed by atoms with Gasteiger partial charge in [0.25, 0.3) is 0 Å². The Balaban J connectivity index is 3.00. The van der Waals surface area contributed by atoms with Crippen molar-refractivity contribution in [1.82, 2.24) is 9.55 Å². The molecule has 1 aromatic heterocycles. The van der Waals surface area contributed by atoms with Crippen LogP contribution in [-0.4, -0.2) is 21.3 Å². The molecule has 1 atom stereocenters. The standard InChI is InChI=1S/C8H15N3O/c1-3-11-6-10-4-7(11)8(2,9)5-12/h4,6,12H,3,5,9H2,1-2H3. The zero-order chi connectivity index (χ0) is 9.19. The molecule has 0 amide bonds. The highest BCUT2D eigenvalue weighted by atomic mass is 16.3. The molecule has 4 heteroatoms. The third-order valence-corrected chi connectivity index (χ3v) is 1.97. The van der Waals surface area contributed by atoms with Gasteiger partial charge >= 0.3 is 0 Å². The van der Waals surface area contributed by atoms with E-state index in [9.17, 15) is 0 Å². The van der Waals surface area contributed by atoms with Crippen molar-refractivity contribution in [3.63, 3.8) is 0 Å². The molecule has 0 aromatic carbocycles. The molecule has 12 heavy (non-hydrogen) atoms. The molecule has 0 saturated heterocycles. The van der Waals surface area contributed by atoms with Gasteiger partial charge in [-0.05, 0) is 13.8 Å². The van der Waals surface area contributed by atoms with Crippen molar-refractivity contribution in [2.75, 3.05) is 6.61 Å². The first-order valence-electron chi connectivity index (χ1n) is 4.02. The summed E-state index contributed by atoms with van der Waals surface area (Å²) in [7, 11) is 0. The largest absolute Gasteiger partial charge is 0.394 e. The quantitative estimate of drug-likeness (QED) is 0.673. The number of imidazole rings is 1. The number of aryl methyl sites for hydroxylation is 1. The lowest BCUT2D eigenvalue weighted by Gasteiger charge is -2.22. The molecule has 0 saturated carbocycles. The van der Waals surface area contributed by atoms with Gasteiger partial charge in [-0.3, -0.25) is 0 Å². The number of nitrogens with zero attached hydrogens (tertiary/aromatic N) is 2. The SMILES string of the molecule is CCn1cncc1C(C)(N)CO. The van der Waals surface area contributed by atoms with Crippen LogP contribution >= 0.6 is 0 Å². The van der Waals surface area contributed by atoms with E-state index in [0.29, 0.717) is 0 Å². The van der Waals surface area contributed by atoms with Crippen LogP contribution in [-0.2, 0) is 12.1 Å². The maximum atomic E-state index is 9.02. The molecule has 0 fully saturated rings. The summed E-state index contributed by atoms with van der Waals surface area (Å²) in [6.07, 6.45) is 3.41. The first kappa shape index (κ1) is 9.22. The lowest BCUT2D eigenvalue weighted by Crippen LogP contribution is -2.38. The van der Waals surface area contributed by atoms with Crippen LogP contribution in [0.2, 0.25) is 0 Å². The van der Waals surface area contributed by atoms with Gasteiger partial charge in [-0.25, -0.2) is 4.98 Å². The van der Waals surface area contributed by atoms with E-state index in [-0.39, 0.29) is 6.61 Å². The topological polar surface area (TPSA) is 64.1 Å². The van der Waals surface area contributed by atoms with Gasteiger partial charge in [-0.2, -0.15) is 0 Å². The fraction of sp³-hybridized carbons (Fsp3) is 0.625. The Kier molecular flexibility index (Phi) is 2.49. The number of nitrogens with two attached hydrogens (primary N) is 1. The van der Waals surface area contributed by atoms with Crippen LogP contribution in [0, 0.1) is 0 Å². The summed E-state index contributed by atoms with van der Waals surface area (Å²) in [6.45, 7) is 4.55. The normalized spacial score (nSPS) is 16.0. The molecule has 0 aliphatic heterocycles. The minimum absolute atomic E-state index is 0.0707. The van der Waals surface area contributed by atoms with Gasteiger partial charge in [-0.1, -0.05) is 0 Å². The molecule has 3 N–H and O–H groups in total. The first-order chi connectivity index (χ1) is 5.61. The molecular weight excluding hydrogens is 154 g/mol. The fourth-order valence-electron chi connectivity index (χ4n) is 1.13. The lowest BCUT2D eigenvalue weighted by atomic mass is 10.0. The summed E-state index contributed by atoms with van der Waals surface area (Å²) < 4.78 is 1.93. The van der Waals surface area contributed by atoms with Crippen molar-refractivity contribution in [1.29, 1.82) is 0 Å². The van der Waals surface area contributed by atoms with Crippen molar-refractivity contribution in [3.05, 3.63) is 18.2 Å². The average Bonchev–Trinajstić information content (AvgIpc) is 2.52. The molecule has 68 valence electrons. The van der Waals surface area contributed by atoms with Crippen molar-refractivity contribution >= 4 is 0 Å². The molecule has 0 spiro atoms. The van der Waals surface area contributed by atoms with Gasteiger partial charge < -0.3 is 15.4 Å². The maximum absolute atomic E-state index is 9.02. The molecule has 1 aromatic rings. The van der Waals surface area contributed by atoms with Gasteiger partial charge in [0.2, 0.25) is 0 Å². The van der Waals surface area contributed by atoms with Crippen LogP contribution in [0.1, 0.15) is 19.5 Å². The highest BCUT2D eigenvalue weighted by Crippen LogP contribution is 2.15. The Morgan fingerprint density at radius 2 is 2.42 bits per heavy atom. The van der Waals surface area contributed by atoms with Crippen LogP contribution < -0.4 is 5.73 Å². The van der Waals surface area contributed by atoms with Gasteiger partial charge in [0.05, 0.1) is 30.4 Å². The van der Waals surface area contributed by atoms with Crippen molar-refractivity contribution in [2.24, 2.45) is 5.73 Å². The van der Waals surface area contributed by atoms with Crippen molar-refractivity contribution in [2.45, 2.75) is 25.9 Å². The lowest BCUT2D eigenvalue weighted by molar-refractivity contribution is 0.203. The third-order valence-electron chi connectivity index (χ3n) is 1.97. The molecule has 4 nitrogen and oxygen atoms in total. The van der Waals surface area contributed by atoms with Crippen molar-refractivity contribution in [3.8, 4) is 0 Å². The van der Waals surface area contributed by atoms with Gasteiger partial charge in [0, 0.05) is 6.54 Å².